The zero-order chi connectivity index (χ0) is 15.8. The van der Waals surface area contributed by atoms with Crippen molar-refractivity contribution >= 4 is 23.5 Å². The quantitative estimate of drug-likeness (QED) is 0.906. The van der Waals surface area contributed by atoms with E-state index in [9.17, 15) is 4.79 Å². The smallest absolute Gasteiger partial charge is 0.309 e. The largest absolute Gasteiger partial charge is 0.327 e. The predicted octanol–water partition coefficient (Wildman–Crippen LogP) is 3.68. The van der Waals surface area contributed by atoms with Gasteiger partial charge < -0.3 is 10.6 Å². The number of benzene rings is 1. The van der Waals surface area contributed by atoms with Crippen LogP contribution in [0.15, 0.2) is 30.3 Å². The van der Waals surface area contributed by atoms with Crippen LogP contribution in [0.25, 0.3) is 0 Å². The van der Waals surface area contributed by atoms with Crippen molar-refractivity contribution in [3.8, 4) is 0 Å². The van der Waals surface area contributed by atoms with E-state index in [2.05, 4.69) is 34.6 Å². The zero-order valence-corrected chi connectivity index (χ0v) is 14.2. The Labute approximate surface area is 131 Å². The van der Waals surface area contributed by atoms with Crippen LogP contribution in [0.1, 0.15) is 34.6 Å². The molecule has 5 heteroatoms. The second-order valence-electron chi connectivity index (χ2n) is 6.73. The Balaban J connectivity index is 2.39. The summed E-state index contributed by atoms with van der Waals surface area (Å²) in [5.41, 5.74) is 6.76. The maximum atomic E-state index is 13.0. The van der Waals surface area contributed by atoms with Gasteiger partial charge in [0.2, 0.25) is 0 Å². The van der Waals surface area contributed by atoms with Crippen LogP contribution in [-0.2, 0) is 0 Å². The fraction of sp³-hybridized carbons (Fsp3) is 0.562. The van der Waals surface area contributed by atoms with Gasteiger partial charge in [-0.25, -0.2) is 4.79 Å². The van der Waals surface area contributed by atoms with E-state index in [4.69, 9.17) is 5.73 Å². The van der Waals surface area contributed by atoms with Crippen LogP contribution in [-0.4, -0.2) is 27.8 Å². The Bertz CT molecular complexity index is 498. The fourth-order valence-corrected chi connectivity index (χ4v) is 4.02. The first kappa shape index (κ1) is 16.2. The van der Waals surface area contributed by atoms with Crippen LogP contribution >= 0.6 is 11.8 Å². The third-order valence-corrected chi connectivity index (χ3v) is 5.22. The molecule has 2 amide bonds. The molecule has 2 rings (SSSR count). The second-order valence-corrected chi connectivity index (χ2v) is 7.94. The van der Waals surface area contributed by atoms with Gasteiger partial charge in [-0.15, -0.1) is 0 Å². The summed E-state index contributed by atoms with van der Waals surface area (Å²) >= 11 is 1.65. The highest BCUT2D eigenvalue weighted by atomic mass is 32.2. The van der Waals surface area contributed by atoms with E-state index in [1.807, 2.05) is 35.2 Å². The number of thioether (sulfide) groups is 1. The molecule has 0 saturated carbocycles. The molecular weight excluding hydrogens is 282 g/mol. The number of carbonyl (C=O) groups is 1. The predicted molar refractivity (Wildman–Crippen MR) is 90.1 cm³/mol. The van der Waals surface area contributed by atoms with Crippen molar-refractivity contribution in [1.82, 2.24) is 4.90 Å². The summed E-state index contributed by atoms with van der Waals surface area (Å²) in [5.74, 6) is 0. The lowest BCUT2D eigenvalue weighted by Crippen LogP contribution is -2.63. The summed E-state index contributed by atoms with van der Waals surface area (Å²) < 4.78 is 0. The fourth-order valence-electron chi connectivity index (χ4n) is 2.55. The first-order valence-corrected chi connectivity index (χ1v) is 8.25. The van der Waals surface area contributed by atoms with Crippen LogP contribution in [0.5, 0.6) is 0 Å². The molecule has 2 N–H and O–H groups in total. The van der Waals surface area contributed by atoms with Gasteiger partial charge in [-0.3, -0.25) is 4.90 Å². The Hall–Kier alpha value is -1.20. The summed E-state index contributed by atoms with van der Waals surface area (Å²) in [7, 11) is 0. The van der Waals surface area contributed by atoms with Gasteiger partial charge >= 0.3 is 6.03 Å². The normalized spacial score (nSPS) is 23.9. The maximum Gasteiger partial charge on any atom is 0.327 e. The molecule has 2 atom stereocenters. The number of rotatable bonds is 2. The molecule has 1 aliphatic rings. The molecule has 1 saturated heterocycles. The Morgan fingerprint density at radius 3 is 2.24 bits per heavy atom. The van der Waals surface area contributed by atoms with Crippen LogP contribution < -0.4 is 10.6 Å². The first-order chi connectivity index (χ1) is 9.73. The topological polar surface area (TPSA) is 49.6 Å². The molecule has 4 nitrogen and oxygen atoms in total. The van der Waals surface area contributed by atoms with Crippen molar-refractivity contribution in [2.75, 3.05) is 4.90 Å². The third-order valence-electron chi connectivity index (χ3n) is 3.53. The zero-order valence-electron chi connectivity index (χ0n) is 13.4. The monoisotopic (exact) mass is 307 g/mol. The van der Waals surface area contributed by atoms with Crippen molar-refractivity contribution in [2.45, 2.75) is 51.5 Å². The second kappa shape index (κ2) is 5.89. The molecule has 0 aromatic heterocycles. The molecule has 0 bridgehead atoms. The minimum Gasteiger partial charge on any atom is -0.309 e. The molecule has 1 aliphatic heterocycles. The Morgan fingerprint density at radius 1 is 1.19 bits per heavy atom. The van der Waals surface area contributed by atoms with E-state index in [0.717, 1.165) is 5.69 Å². The highest BCUT2D eigenvalue weighted by Gasteiger charge is 2.45. The van der Waals surface area contributed by atoms with Crippen molar-refractivity contribution in [2.24, 2.45) is 11.1 Å². The molecule has 21 heavy (non-hydrogen) atoms. The van der Waals surface area contributed by atoms with E-state index in [-0.39, 0.29) is 28.4 Å². The van der Waals surface area contributed by atoms with Crippen LogP contribution in [0.4, 0.5) is 10.5 Å². The van der Waals surface area contributed by atoms with Crippen LogP contribution in [0.2, 0.25) is 0 Å². The van der Waals surface area contributed by atoms with Gasteiger partial charge in [-0.2, -0.15) is 0 Å². The van der Waals surface area contributed by atoms with E-state index >= 15 is 0 Å². The molecule has 2 unspecified atom stereocenters. The average Bonchev–Trinajstić information content (AvgIpc) is 2.37. The Kier molecular flexibility index (Phi) is 4.54. The minimum absolute atomic E-state index is 0.0117. The van der Waals surface area contributed by atoms with Gasteiger partial charge in [0.05, 0.1) is 5.37 Å². The lowest BCUT2D eigenvalue weighted by atomic mass is 9.94. The van der Waals surface area contributed by atoms with Gasteiger partial charge in [-0.1, -0.05) is 50.7 Å². The van der Waals surface area contributed by atoms with Crippen molar-refractivity contribution in [1.29, 1.82) is 0 Å². The number of anilines is 1. The molecule has 116 valence electrons. The van der Waals surface area contributed by atoms with Crippen LogP contribution in [0, 0.1) is 5.41 Å². The molecule has 1 aromatic rings. The van der Waals surface area contributed by atoms with Crippen molar-refractivity contribution < 1.29 is 4.79 Å². The van der Waals surface area contributed by atoms with Gasteiger partial charge in [0.1, 0.15) is 5.50 Å². The van der Waals surface area contributed by atoms with Gasteiger partial charge in [0.25, 0.3) is 0 Å². The lowest BCUT2D eigenvalue weighted by Gasteiger charge is -2.50. The number of amides is 2. The highest BCUT2D eigenvalue weighted by Crippen LogP contribution is 2.41. The molecule has 1 aromatic carbocycles. The summed E-state index contributed by atoms with van der Waals surface area (Å²) in [5, 5.41) is 0.0694. The number of nitrogens with zero attached hydrogens (tertiary/aromatic N) is 2. The minimum atomic E-state index is -0.362. The number of hydrogen-bond acceptors (Lipinski definition) is 3. The average molecular weight is 307 g/mol. The molecule has 0 radical (unpaired) electrons. The van der Waals surface area contributed by atoms with E-state index < -0.39 is 0 Å². The third kappa shape index (κ3) is 3.19. The summed E-state index contributed by atoms with van der Waals surface area (Å²) in [6.45, 7) is 10.6. The number of hydrogen-bond donors (Lipinski definition) is 1. The molecule has 0 aliphatic carbocycles. The number of carbonyl (C=O) groups excluding carboxylic acids is 1. The van der Waals surface area contributed by atoms with Gasteiger partial charge in [0, 0.05) is 11.7 Å². The molecule has 0 spiro atoms. The van der Waals surface area contributed by atoms with Crippen molar-refractivity contribution in [3.05, 3.63) is 30.3 Å². The molecular formula is C16H25N3OS. The van der Waals surface area contributed by atoms with Gasteiger partial charge in [0.15, 0.2) is 0 Å². The van der Waals surface area contributed by atoms with E-state index in [1.165, 1.54) is 0 Å². The van der Waals surface area contributed by atoms with Crippen LogP contribution in [0.3, 0.4) is 0 Å². The summed E-state index contributed by atoms with van der Waals surface area (Å²) in [4.78, 5) is 16.6. The van der Waals surface area contributed by atoms with E-state index in [0.29, 0.717) is 0 Å². The van der Waals surface area contributed by atoms with Crippen molar-refractivity contribution in [3.63, 3.8) is 0 Å². The van der Waals surface area contributed by atoms with Gasteiger partial charge in [-0.05, 0) is 31.4 Å². The lowest BCUT2D eigenvalue weighted by molar-refractivity contribution is 0.140. The number of nitrogens with two attached hydrogens (primary N) is 1. The summed E-state index contributed by atoms with van der Waals surface area (Å²) in [6.07, 6.45) is 0. The Morgan fingerprint density at radius 2 is 1.76 bits per heavy atom. The SMILES string of the molecule is CC(C)N1C(=O)N(c2ccccc2)C(N)SC1C(C)(C)C. The first-order valence-electron chi connectivity index (χ1n) is 7.31. The molecule has 1 fully saturated rings. The highest BCUT2D eigenvalue weighted by molar-refractivity contribution is 8.00. The summed E-state index contributed by atoms with van der Waals surface area (Å²) in [6, 6.07) is 9.76. The maximum absolute atomic E-state index is 13.0. The molecule has 1 heterocycles. The standard InChI is InChI=1S/C16H25N3OS/c1-11(2)18-13(16(3,4)5)21-14(17)19(15(18)20)12-9-7-6-8-10-12/h6-11,13-14H,17H2,1-5H3. The van der Waals surface area contributed by atoms with E-state index in [1.54, 1.807) is 16.7 Å². The number of urea groups is 1. The number of para-hydroxylation sites is 1.